The molecule has 0 spiro atoms. The molecule has 0 aliphatic heterocycles. The molecule has 0 saturated carbocycles. The number of carbonyl (C=O) groups excluding carboxylic acids is 4. The maximum absolute atomic E-state index is 14.3. The van der Waals surface area contributed by atoms with Gasteiger partial charge < -0.3 is 50.8 Å². The van der Waals surface area contributed by atoms with Crippen LogP contribution >= 0.6 is 0 Å². The molecular weight excluding hydrogens is 947 g/mol. The molecule has 0 fully saturated rings. The highest BCUT2D eigenvalue weighted by Crippen LogP contribution is 2.46. The number of alkyl carbamates (subject to hydrolysis) is 2. The zero-order chi connectivity index (χ0) is 53.3. The van der Waals surface area contributed by atoms with E-state index in [4.69, 9.17) is 24.4 Å². The standard InChI is InChI=1S/C60H73N7O8/c1-39(2)32-36-72-51-30-28-40-18-7-9-20-42(40)53(51)54-43-21-10-8-19-41(43)29-31-52(54)73-37-35-63-55(68)49(26-15-16-33-65-58(70)75-60(3,4)5)66-56(69)50(27-17-34-64-57(61)62-6)67-59(71)74-38-48-46-24-13-11-22-44(46)45-23-12-14-25-47(45)48/h7-14,18-25,28-31,39,48-50H,15-17,26-27,32-38H2,1-6H3,(H,63,68)(H,65,70)(H,66,69)(H,67,71)(H3,61,62,64)/t49-,50-/m1/s1. The van der Waals surface area contributed by atoms with Gasteiger partial charge in [-0.1, -0.05) is 123 Å². The van der Waals surface area contributed by atoms with E-state index in [1.165, 1.54) is 0 Å². The summed E-state index contributed by atoms with van der Waals surface area (Å²) in [6.07, 6.45) is 1.33. The molecule has 15 heteroatoms. The highest BCUT2D eigenvalue weighted by atomic mass is 16.6. The van der Waals surface area contributed by atoms with E-state index in [9.17, 15) is 19.2 Å². The normalized spacial score (nSPS) is 12.7. The molecule has 0 saturated heterocycles. The molecule has 2 atom stereocenters. The van der Waals surface area contributed by atoms with Gasteiger partial charge in [0.25, 0.3) is 0 Å². The Labute approximate surface area is 440 Å². The number of guanidine groups is 1. The Balaban J connectivity index is 1.06. The molecule has 75 heavy (non-hydrogen) atoms. The van der Waals surface area contributed by atoms with Gasteiger partial charge in [-0.05, 0) is 121 Å². The molecule has 7 rings (SSSR count). The highest BCUT2D eigenvalue weighted by Gasteiger charge is 2.31. The van der Waals surface area contributed by atoms with Gasteiger partial charge in [-0.15, -0.1) is 0 Å². The number of fused-ring (bicyclic) bond motifs is 5. The summed E-state index contributed by atoms with van der Waals surface area (Å²) in [4.78, 5) is 54.6. The zero-order valence-electron chi connectivity index (χ0n) is 44.1. The summed E-state index contributed by atoms with van der Waals surface area (Å²) in [7, 11) is 1.63. The van der Waals surface area contributed by atoms with Gasteiger partial charge >= 0.3 is 12.2 Å². The summed E-state index contributed by atoms with van der Waals surface area (Å²) in [5, 5.41) is 29.2. The lowest BCUT2D eigenvalue weighted by Gasteiger charge is -2.24. The maximum atomic E-state index is 14.3. The number of carbonyl (C=O) groups is 4. The first kappa shape index (κ1) is 55.0. The fraction of sp³-hybridized carbons (Fsp3) is 0.383. The Morgan fingerprint density at radius 3 is 1.72 bits per heavy atom. The molecule has 0 heterocycles. The molecule has 0 radical (unpaired) electrons. The Morgan fingerprint density at radius 2 is 1.12 bits per heavy atom. The predicted molar refractivity (Wildman–Crippen MR) is 296 cm³/mol. The molecule has 15 nitrogen and oxygen atoms in total. The van der Waals surface area contributed by atoms with Gasteiger partial charge in [-0.25, -0.2) is 9.59 Å². The van der Waals surface area contributed by atoms with Crippen molar-refractivity contribution in [3.05, 3.63) is 132 Å². The predicted octanol–water partition coefficient (Wildman–Crippen LogP) is 10.2. The second-order valence-electron chi connectivity index (χ2n) is 20.2. The zero-order valence-corrected chi connectivity index (χ0v) is 44.1. The van der Waals surface area contributed by atoms with E-state index in [-0.39, 0.29) is 44.5 Å². The molecule has 1 aliphatic carbocycles. The van der Waals surface area contributed by atoms with Gasteiger partial charge in [0.15, 0.2) is 5.96 Å². The first-order valence-electron chi connectivity index (χ1n) is 26.2. The van der Waals surface area contributed by atoms with Crippen LogP contribution in [-0.2, 0) is 19.1 Å². The van der Waals surface area contributed by atoms with Crippen LogP contribution in [0.25, 0.3) is 43.8 Å². The van der Waals surface area contributed by atoms with Crippen LogP contribution in [0.3, 0.4) is 0 Å². The van der Waals surface area contributed by atoms with Gasteiger partial charge in [0.2, 0.25) is 11.8 Å². The van der Waals surface area contributed by atoms with Gasteiger partial charge in [-0.2, -0.15) is 0 Å². The Kier molecular flexibility index (Phi) is 19.4. The molecule has 7 N–H and O–H groups in total. The summed E-state index contributed by atoms with van der Waals surface area (Å²) < 4.78 is 24.4. The van der Waals surface area contributed by atoms with Crippen molar-refractivity contribution < 1.29 is 38.1 Å². The third kappa shape index (κ3) is 15.1. The van der Waals surface area contributed by atoms with Crippen LogP contribution < -0.4 is 41.4 Å². The lowest BCUT2D eigenvalue weighted by atomic mass is 9.92. The molecule has 6 aromatic rings. The molecular formula is C60H73N7O8. The maximum Gasteiger partial charge on any atom is 0.407 e. The summed E-state index contributed by atoms with van der Waals surface area (Å²) in [6.45, 7) is 11.2. The van der Waals surface area contributed by atoms with Gasteiger partial charge in [0, 0.05) is 37.2 Å². The lowest BCUT2D eigenvalue weighted by molar-refractivity contribution is -0.130. The van der Waals surface area contributed by atoms with E-state index in [1.54, 1.807) is 27.8 Å². The first-order valence-corrected chi connectivity index (χ1v) is 26.2. The average molecular weight is 1020 g/mol. The number of hydrogen-bond acceptors (Lipinski definition) is 9. The average Bonchev–Trinajstić information content (AvgIpc) is 3.72. The summed E-state index contributed by atoms with van der Waals surface area (Å²) in [5.74, 6) is 0.757. The van der Waals surface area contributed by atoms with E-state index < -0.39 is 41.7 Å². The van der Waals surface area contributed by atoms with Crippen LogP contribution in [0.2, 0.25) is 0 Å². The molecule has 0 aromatic heterocycles. The topological polar surface area (TPSA) is 201 Å². The quantitative estimate of drug-likeness (QED) is 0.0174. The van der Waals surface area contributed by atoms with Crippen molar-refractivity contribution >= 4 is 51.5 Å². The number of nitrogens with one attached hydrogen (secondary N) is 7. The van der Waals surface area contributed by atoms with Crippen LogP contribution in [0, 0.1) is 11.3 Å². The molecule has 396 valence electrons. The summed E-state index contributed by atoms with van der Waals surface area (Å²) in [6, 6.07) is 38.4. The lowest BCUT2D eigenvalue weighted by Crippen LogP contribution is -2.54. The minimum Gasteiger partial charge on any atom is -0.493 e. The van der Waals surface area contributed by atoms with Crippen LogP contribution in [0.5, 0.6) is 11.5 Å². The van der Waals surface area contributed by atoms with Gasteiger partial charge in [0.05, 0.1) is 13.2 Å². The van der Waals surface area contributed by atoms with Crippen molar-refractivity contribution in [1.29, 1.82) is 5.41 Å². The number of hydrogen-bond donors (Lipinski definition) is 7. The monoisotopic (exact) mass is 1020 g/mol. The molecule has 0 unspecified atom stereocenters. The van der Waals surface area contributed by atoms with E-state index in [1.807, 2.05) is 78.9 Å². The largest absolute Gasteiger partial charge is 0.493 e. The number of amides is 4. The number of rotatable bonds is 24. The van der Waals surface area contributed by atoms with Crippen molar-refractivity contribution in [3.63, 3.8) is 0 Å². The third-order valence-corrected chi connectivity index (χ3v) is 13.0. The third-order valence-electron chi connectivity index (χ3n) is 13.0. The minimum atomic E-state index is -1.08. The van der Waals surface area contributed by atoms with Crippen molar-refractivity contribution in [2.45, 2.75) is 96.7 Å². The van der Waals surface area contributed by atoms with Gasteiger partial charge in [-0.3, -0.25) is 15.0 Å². The van der Waals surface area contributed by atoms with Crippen LogP contribution in [0.4, 0.5) is 9.59 Å². The Bertz CT molecular complexity index is 2890. The minimum absolute atomic E-state index is 0.0510. The van der Waals surface area contributed by atoms with E-state index in [0.717, 1.165) is 67.1 Å². The molecule has 4 amide bonds. The Hall–Kier alpha value is -7.81. The van der Waals surface area contributed by atoms with Crippen LogP contribution in [0.1, 0.15) is 90.2 Å². The number of benzene rings is 6. The number of unbranched alkanes of at least 4 members (excludes halogenated alkanes) is 1. The fourth-order valence-electron chi connectivity index (χ4n) is 9.30. The van der Waals surface area contributed by atoms with Crippen molar-refractivity contribution in [3.8, 4) is 33.8 Å². The molecule has 6 aromatic carbocycles. The van der Waals surface area contributed by atoms with Crippen molar-refractivity contribution in [2.24, 2.45) is 5.92 Å². The van der Waals surface area contributed by atoms with E-state index in [2.05, 4.69) is 88.2 Å². The van der Waals surface area contributed by atoms with Crippen molar-refractivity contribution in [2.75, 3.05) is 46.5 Å². The SMILES string of the molecule is CNC(=N)NCCC[C@@H](NC(=O)OCC1c2ccccc2-c2ccccc21)C(=O)N[C@H](CCCCNC(=O)OC(C)(C)C)C(=O)NCCOc1ccc2ccccc2c1-c1c(OCCC(C)C)ccc2ccccc12. The smallest absolute Gasteiger partial charge is 0.407 e. The Morgan fingerprint density at radius 1 is 0.573 bits per heavy atom. The molecule has 0 bridgehead atoms. The summed E-state index contributed by atoms with van der Waals surface area (Å²) in [5.41, 5.74) is 5.43. The number of ether oxygens (including phenoxy) is 4. The van der Waals surface area contributed by atoms with Crippen molar-refractivity contribution in [1.82, 2.24) is 31.9 Å². The fourth-order valence-corrected chi connectivity index (χ4v) is 9.30. The van der Waals surface area contributed by atoms with Gasteiger partial charge in [0.1, 0.15) is 42.4 Å². The molecule has 1 aliphatic rings. The second-order valence-corrected chi connectivity index (χ2v) is 20.2. The van der Waals surface area contributed by atoms with E-state index >= 15 is 0 Å². The van der Waals surface area contributed by atoms with Crippen LogP contribution in [0.15, 0.2) is 121 Å². The van der Waals surface area contributed by atoms with E-state index in [0.29, 0.717) is 50.6 Å². The van der Waals surface area contributed by atoms with Crippen LogP contribution in [-0.4, -0.2) is 94.1 Å². The summed E-state index contributed by atoms with van der Waals surface area (Å²) >= 11 is 0. The first-order chi connectivity index (χ1) is 36.2. The second kappa shape index (κ2) is 26.4. The highest BCUT2D eigenvalue weighted by molar-refractivity contribution is 6.09.